The molecule has 4 heterocycles. The van der Waals surface area contributed by atoms with Crippen LogP contribution >= 0.6 is 34.4 Å². The van der Waals surface area contributed by atoms with Crippen LogP contribution in [0.3, 0.4) is 0 Å². The minimum Gasteiger partial charge on any atom is -0.462 e. The highest BCUT2D eigenvalue weighted by Gasteiger charge is 2.26. The minimum absolute atomic E-state index is 0.0508. The molecule has 0 atom stereocenters. The number of amides is 1. The van der Waals surface area contributed by atoms with Crippen LogP contribution < -0.4 is 5.32 Å². The van der Waals surface area contributed by atoms with Crippen LogP contribution in [0.25, 0.3) is 15.9 Å². The molecular weight excluding hydrogens is 506 g/mol. The lowest BCUT2D eigenvalue weighted by Crippen LogP contribution is -2.16. The highest BCUT2D eigenvalue weighted by atomic mass is 32.2. The third-order valence-corrected chi connectivity index (χ3v) is 9.31. The summed E-state index contributed by atoms with van der Waals surface area (Å²) in [7, 11) is 0. The summed E-state index contributed by atoms with van der Waals surface area (Å²) in [6.07, 6.45) is 6.19. The van der Waals surface area contributed by atoms with Gasteiger partial charge in [0.2, 0.25) is 5.91 Å². The molecular formula is C23H23N5O4S3. The van der Waals surface area contributed by atoms with Gasteiger partial charge in [0.25, 0.3) is 0 Å². The topological polar surface area (TPSA) is 116 Å². The van der Waals surface area contributed by atoms with Crippen LogP contribution in [0, 0.1) is 6.92 Å². The number of aromatic nitrogens is 4. The summed E-state index contributed by atoms with van der Waals surface area (Å²) < 4.78 is 6.96. The maximum atomic E-state index is 12.8. The average Bonchev–Trinajstić information content (AvgIpc) is 3.50. The molecule has 1 aliphatic rings. The van der Waals surface area contributed by atoms with Gasteiger partial charge in [-0.25, -0.2) is 9.78 Å². The zero-order valence-corrected chi connectivity index (χ0v) is 21.9. The summed E-state index contributed by atoms with van der Waals surface area (Å²) in [5, 5.41) is 13.5. The number of rotatable bonds is 7. The van der Waals surface area contributed by atoms with Crippen molar-refractivity contribution in [3.05, 3.63) is 32.8 Å². The van der Waals surface area contributed by atoms with E-state index in [0.717, 1.165) is 46.5 Å². The number of hydrogen-bond donors (Lipinski definition) is 1. The second kappa shape index (κ2) is 9.67. The molecule has 4 aromatic heterocycles. The second-order valence-corrected chi connectivity index (χ2v) is 11.2. The fraction of sp³-hybridized carbons (Fsp3) is 0.391. The van der Waals surface area contributed by atoms with Gasteiger partial charge < -0.3 is 10.1 Å². The third kappa shape index (κ3) is 4.34. The predicted molar refractivity (Wildman–Crippen MR) is 137 cm³/mol. The Morgan fingerprint density at radius 2 is 2.00 bits per heavy atom. The number of esters is 1. The molecule has 0 aliphatic heterocycles. The molecule has 5 rings (SSSR count). The van der Waals surface area contributed by atoms with Crippen molar-refractivity contribution in [2.45, 2.75) is 51.6 Å². The molecule has 35 heavy (non-hydrogen) atoms. The van der Waals surface area contributed by atoms with E-state index in [1.165, 1.54) is 35.5 Å². The molecule has 4 aromatic rings. The van der Waals surface area contributed by atoms with E-state index in [2.05, 4.69) is 20.5 Å². The third-order valence-electron chi connectivity index (χ3n) is 5.86. The van der Waals surface area contributed by atoms with E-state index < -0.39 is 5.97 Å². The van der Waals surface area contributed by atoms with Crippen LogP contribution in [0.1, 0.15) is 62.7 Å². The van der Waals surface area contributed by atoms with Gasteiger partial charge in [-0.05, 0) is 57.6 Å². The number of carbonyl (C=O) groups excluding carboxylic acids is 3. The fourth-order valence-corrected chi connectivity index (χ4v) is 7.35. The van der Waals surface area contributed by atoms with E-state index in [1.54, 1.807) is 31.5 Å². The first-order chi connectivity index (χ1) is 16.9. The Bertz CT molecular complexity index is 1490. The summed E-state index contributed by atoms with van der Waals surface area (Å²) in [6, 6.07) is 0. The zero-order chi connectivity index (χ0) is 24.7. The molecule has 0 spiro atoms. The van der Waals surface area contributed by atoms with Gasteiger partial charge in [0.1, 0.15) is 16.2 Å². The summed E-state index contributed by atoms with van der Waals surface area (Å²) in [5.74, 6) is -1.00. The first kappa shape index (κ1) is 23.9. The molecule has 0 unspecified atom stereocenters. The van der Waals surface area contributed by atoms with Gasteiger partial charge in [-0.2, -0.15) is 0 Å². The molecule has 0 bridgehead atoms. The molecule has 0 aromatic carbocycles. The smallest absolute Gasteiger partial charge is 0.341 e. The Balaban J connectivity index is 1.37. The van der Waals surface area contributed by atoms with Gasteiger partial charge in [0.15, 0.2) is 16.6 Å². The van der Waals surface area contributed by atoms with E-state index in [-0.39, 0.29) is 29.6 Å². The molecule has 0 saturated heterocycles. The van der Waals surface area contributed by atoms with Gasteiger partial charge in [-0.1, -0.05) is 11.8 Å². The van der Waals surface area contributed by atoms with Crippen molar-refractivity contribution >= 4 is 73.0 Å². The van der Waals surface area contributed by atoms with E-state index in [1.807, 2.05) is 4.40 Å². The van der Waals surface area contributed by atoms with Crippen LogP contribution in [0.5, 0.6) is 0 Å². The molecule has 1 aliphatic carbocycles. The number of thioether (sulfide) groups is 1. The highest BCUT2D eigenvalue weighted by Crippen LogP contribution is 2.38. The molecule has 0 fully saturated rings. The van der Waals surface area contributed by atoms with E-state index in [0.29, 0.717) is 20.6 Å². The Morgan fingerprint density at radius 1 is 1.20 bits per heavy atom. The highest BCUT2D eigenvalue weighted by molar-refractivity contribution is 7.99. The number of hydrogen-bond acceptors (Lipinski definition) is 10. The monoisotopic (exact) mass is 529 g/mol. The van der Waals surface area contributed by atoms with E-state index >= 15 is 0 Å². The van der Waals surface area contributed by atoms with E-state index in [9.17, 15) is 14.4 Å². The number of anilines is 1. The second-order valence-electron chi connectivity index (χ2n) is 8.19. The van der Waals surface area contributed by atoms with Crippen molar-refractivity contribution in [2.24, 2.45) is 0 Å². The van der Waals surface area contributed by atoms with Crippen molar-refractivity contribution in [2.75, 3.05) is 17.7 Å². The Hall–Kier alpha value is -2.83. The Kier molecular flexibility index (Phi) is 6.60. The molecule has 1 N–H and O–H groups in total. The summed E-state index contributed by atoms with van der Waals surface area (Å²) >= 11 is 4.05. The number of ketones is 1. The van der Waals surface area contributed by atoms with Crippen molar-refractivity contribution in [3.8, 4) is 0 Å². The SMILES string of the molecule is CCOC(=O)c1c(NC(=O)CSc2nnc3c4c5c(sc4ncn23)CCCC5)sc(C(C)=O)c1C. The average molecular weight is 530 g/mol. The van der Waals surface area contributed by atoms with Crippen LogP contribution in [0.2, 0.25) is 0 Å². The lowest BCUT2D eigenvalue weighted by atomic mass is 9.97. The normalized spacial score (nSPS) is 13.2. The standard InChI is InChI=1S/C23H23N5O4S3/c1-4-32-22(31)16-11(2)18(12(3)29)35-21(16)25-15(30)9-33-23-27-26-19-17-13-7-5-6-8-14(13)34-20(17)24-10-28(19)23/h10H,4-9H2,1-3H3,(H,25,30). The van der Waals surface area contributed by atoms with Gasteiger partial charge in [0.05, 0.1) is 28.2 Å². The van der Waals surface area contributed by atoms with Gasteiger partial charge >= 0.3 is 5.97 Å². The molecule has 9 nitrogen and oxygen atoms in total. The molecule has 0 saturated carbocycles. The summed E-state index contributed by atoms with van der Waals surface area (Å²) in [6.45, 7) is 5.02. The first-order valence-electron chi connectivity index (χ1n) is 11.3. The largest absolute Gasteiger partial charge is 0.462 e. The van der Waals surface area contributed by atoms with Crippen LogP contribution in [-0.4, -0.2) is 49.6 Å². The summed E-state index contributed by atoms with van der Waals surface area (Å²) in [4.78, 5) is 44.7. The molecule has 12 heteroatoms. The number of thiophene rings is 2. The quantitative estimate of drug-likeness (QED) is 0.208. The van der Waals surface area contributed by atoms with Crippen molar-refractivity contribution in [1.29, 1.82) is 0 Å². The number of aryl methyl sites for hydroxylation is 2. The van der Waals surface area contributed by atoms with Crippen LogP contribution in [0.4, 0.5) is 5.00 Å². The molecule has 1 amide bonds. The van der Waals surface area contributed by atoms with Crippen LogP contribution in [-0.2, 0) is 22.4 Å². The van der Waals surface area contributed by atoms with Crippen molar-refractivity contribution in [1.82, 2.24) is 19.6 Å². The lowest BCUT2D eigenvalue weighted by molar-refractivity contribution is -0.113. The Labute approximate surface area is 213 Å². The van der Waals surface area contributed by atoms with Gasteiger partial charge in [0, 0.05) is 4.88 Å². The maximum Gasteiger partial charge on any atom is 0.341 e. The predicted octanol–water partition coefficient (Wildman–Crippen LogP) is 4.70. The van der Waals surface area contributed by atoms with E-state index in [4.69, 9.17) is 4.74 Å². The number of nitrogens with zero attached hydrogens (tertiary/aromatic N) is 4. The maximum absolute atomic E-state index is 12.8. The lowest BCUT2D eigenvalue weighted by Gasteiger charge is -2.10. The Morgan fingerprint density at radius 3 is 2.77 bits per heavy atom. The number of fused-ring (bicyclic) bond motifs is 5. The molecule has 182 valence electrons. The fourth-order valence-electron chi connectivity index (χ4n) is 4.31. The first-order valence-corrected chi connectivity index (χ1v) is 13.9. The van der Waals surface area contributed by atoms with Gasteiger partial charge in [-0.15, -0.1) is 32.9 Å². The summed E-state index contributed by atoms with van der Waals surface area (Å²) in [5.41, 5.74) is 2.84. The van der Waals surface area contributed by atoms with Crippen LogP contribution in [0.15, 0.2) is 11.5 Å². The number of ether oxygens (including phenoxy) is 1. The number of Topliss-reactive ketones (excluding diaryl/α,β-unsaturated/α-hetero) is 1. The molecule has 0 radical (unpaired) electrons. The number of carbonyl (C=O) groups is 3. The van der Waals surface area contributed by atoms with Gasteiger partial charge in [-0.3, -0.25) is 14.0 Å². The van der Waals surface area contributed by atoms with Crippen molar-refractivity contribution < 1.29 is 19.1 Å². The minimum atomic E-state index is -0.561. The number of nitrogens with one attached hydrogen (secondary N) is 1. The zero-order valence-electron chi connectivity index (χ0n) is 19.5. The van der Waals surface area contributed by atoms with Crippen molar-refractivity contribution in [3.63, 3.8) is 0 Å².